The standard InChI is InChI=1S/C25H24N4O3S/c30-25(24(19-6-2-1-3-7-19)28-14-16-33(31,32)17-15-28)27-20-10-12-21(13-11-20)29-18-26-22-8-4-5-9-23(22)29/h1-13,18,24H,14-17H2,(H,27,30). The highest BCUT2D eigenvalue weighted by molar-refractivity contribution is 7.91. The van der Waals surface area contributed by atoms with Crippen molar-refractivity contribution >= 4 is 32.5 Å². The van der Waals surface area contributed by atoms with Crippen LogP contribution in [-0.2, 0) is 14.6 Å². The van der Waals surface area contributed by atoms with Gasteiger partial charge in [-0.05, 0) is 42.0 Å². The number of benzene rings is 3. The molecule has 1 amide bonds. The van der Waals surface area contributed by atoms with Gasteiger partial charge >= 0.3 is 0 Å². The molecule has 1 N–H and O–H groups in total. The SMILES string of the molecule is O=C(Nc1ccc(-n2cnc3ccccc32)cc1)C(c1ccccc1)N1CCS(=O)(=O)CC1. The second kappa shape index (κ2) is 8.80. The van der Waals surface area contributed by atoms with E-state index in [2.05, 4.69) is 10.3 Å². The lowest BCUT2D eigenvalue weighted by molar-refractivity contribution is -0.121. The number of nitrogens with zero attached hydrogens (tertiary/aromatic N) is 3. The number of nitrogens with one attached hydrogen (secondary N) is 1. The van der Waals surface area contributed by atoms with Crippen LogP contribution >= 0.6 is 0 Å². The van der Waals surface area contributed by atoms with Crippen LogP contribution in [0, 0.1) is 0 Å². The van der Waals surface area contributed by atoms with Crippen LogP contribution < -0.4 is 5.32 Å². The molecule has 1 saturated heterocycles. The van der Waals surface area contributed by atoms with Crippen LogP contribution in [0.4, 0.5) is 5.69 Å². The van der Waals surface area contributed by atoms with Gasteiger partial charge in [-0.25, -0.2) is 13.4 Å². The summed E-state index contributed by atoms with van der Waals surface area (Å²) in [6, 6.07) is 24.5. The zero-order valence-corrected chi connectivity index (χ0v) is 18.8. The molecule has 1 aliphatic rings. The molecule has 1 aliphatic heterocycles. The fraction of sp³-hybridized carbons (Fsp3) is 0.200. The highest BCUT2D eigenvalue weighted by atomic mass is 32.2. The van der Waals surface area contributed by atoms with Gasteiger partial charge in [0.2, 0.25) is 5.91 Å². The number of aromatic nitrogens is 2. The Balaban J connectivity index is 1.37. The molecule has 0 spiro atoms. The van der Waals surface area contributed by atoms with E-state index >= 15 is 0 Å². The molecule has 33 heavy (non-hydrogen) atoms. The van der Waals surface area contributed by atoms with Crippen molar-refractivity contribution in [1.82, 2.24) is 14.5 Å². The molecule has 1 fully saturated rings. The molecular formula is C25H24N4O3S. The lowest BCUT2D eigenvalue weighted by atomic mass is 10.0. The average molecular weight is 461 g/mol. The van der Waals surface area contributed by atoms with Crippen molar-refractivity contribution in [2.75, 3.05) is 29.9 Å². The minimum atomic E-state index is -3.04. The summed E-state index contributed by atoms with van der Waals surface area (Å²) >= 11 is 0. The molecule has 1 atom stereocenters. The van der Waals surface area contributed by atoms with Crippen LogP contribution in [0.25, 0.3) is 16.7 Å². The van der Waals surface area contributed by atoms with Gasteiger partial charge < -0.3 is 5.32 Å². The minimum Gasteiger partial charge on any atom is -0.324 e. The maximum Gasteiger partial charge on any atom is 0.246 e. The summed E-state index contributed by atoms with van der Waals surface area (Å²) in [6.45, 7) is 0.671. The Kier molecular flexibility index (Phi) is 5.70. The summed E-state index contributed by atoms with van der Waals surface area (Å²) in [5.74, 6) is -0.0460. The van der Waals surface area contributed by atoms with E-state index in [1.165, 1.54) is 0 Å². The van der Waals surface area contributed by atoms with Crippen LogP contribution in [0.1, 0.15) is 11.6 Å². The Hall–Kier alpha value is -3.49. The zero-order valence-electron chi connectivity index (χ0n) is 18.0. The van der Waals surface area contributed by atoms with Crippen molar-refractivity contribution in [3.05, 3.63) is 90.8 Å². The predicted octanol–water partition coefficient (Wildman–Crippen LogP) is 3.44. The topological polar surface area (TPSA) is 84.3 Å². The monoisotopic (exact) mass is 460 g/mol. The van der Waals surface area contributed by atoms with Crippen LogP contribution in [0.5, 0.6) is 0 Å². The molecule has 8 heteroatoms. The Bertz CT molecular complexity index is 1370. The summed E-state index contributed by atoms with van der Waals surface area (Å²) < 4.78 is 25.8. The molecule has 7 nitrogen and oxygen atoms in total. The van der Waals surface area contributed by atoms with E-state index in [0.717, 1.165) is 22.3 Å². The van der Waals surface area contributed by atoms with Crippen LogP contribution in [-0.4, -0.2) is 53.4 Å². The molecule has 0 saturated carbocycles. The lowest BCUT2D eigenvalue weighted by Gasteiger charge is -2.33. The fourth-order valence-corrected chi connectivity index (χ4v) is 5.46. The summed E-state index contributed by atoms with van der Waals surface area (Å²) in [5.41, 5.74) is 4.40. The first-order valence-corrected chi connectivity index (χ1v) is 12.7. The number of carbonyl (C=O) groups excluding carboxylic acids is 1. The number of fused-ring (bicyclic) bond motifs is 1. The van der Waals surface area contributed by atoms with E-state index in [9.17, 15) is 13.2 Å². The maximum absolute atomic E-state index is 13.3. The second-order valence-electron chi connectivity index (χ2n) is 8.14. The van der Waals surface area contributed by atoms with E-state index in [4.69, 9.17) is 0 Å². The first kappa shape index (κ1) is 21.4. The Morgan fingerprint density at radius 2 is 1.55 bits per heavy atom. The first-order chi connectivity index (χ1) is 16.0. The van der Waals surface area contributed by atoms with Crippen molar-refractivity contribution in [1.29, 1.82) is 0 Å². The number of para-hydroxylation sites is 2. The molecule has 0 bridgehead atoms. The molecular weight excluding hydrogens is 436 g/mol. The third-order valence-corrected chi connectivity index (χ3v) is 7.58. The number of hydrogen-bond donors (Lipinski definition) is 1. The predicted molar refractivity (Wildman–Crippen MR) is 129 cm³/mol. The van der Waals surface area contributed by atoms with E-state index < -0.39 is 15.9 Å². The minimum absolute atomic E-state index is 0.0666. The van der Waals surface area contributed by atoms with Gasteiger partial charge in [0.15, 0.2) is 9.84 Å². The van der Waals surface area contributed by atoms with Gasteiger partial charge in [-0.2, -0.15) is 0 Å². The second-order valence-corrected chi connectivity index (χ2v) is 10.4. The number of rotatable bonds is 5. The van der Waals surface area contributed by atoms with Gasteiger partial charge in [0.05, 0.1) is 22.5 Å². The lowest BCUT2D eigenvalue weighted by Crippen LogP contribution is -2.46. The zero-order chi connectivity index (χ0) is 22.8. The van der Waals surface area contributed by atoms with Gasteiger partial charge in [0.25, 0.3) is 0 Å². The Labute approximate surface area is 192 Å². The number of sulfone groups is 1. The van der Waals surface area contributed by atoms with Gasteiger partial charge in [-0.15, -0.1) is 0 Å². The summed E-state index contributed by atoms with van der Waals surface area (Å²) in [4.78, 5) is 19.7. The van der Waals surface area contributed by atoms with Gasteiger partial charge in [-0.3, -0.25) is 14.3 Å². The molecule has 3 aromatic carbocycles. The first-order valence-electron chi connectivity index (χ1n) is 10.8. The van der Waals surface area contributed by atoms with Gasteiger partial charge in [-0.1, -0.05) is 42.5 Å². The Morgan fingerprint density at radius 3 is 2.27 bits per heavy atom. The van der Waals surface area contributed by atoms with Crippen molar-refractivity contribution in [3.63, 3.8) is 0 Å². The third-order valence-electron chi connectivity index (χ3n) is 5.97. The molecule has 168 valence electrons. The largest absolute Gasteiger partial charge is 0.324 e. The van der Waals surface area contributed by atoms with Crippen LogP contribution in [0.15, 0.2) is 85.2 Å². The van der Waals surface area contributed by atoms with Gasteiger partial charge in [0, 0.05) is 24.5 Å². The van der Waals surface area contributed by atoms with E-state index in [0.29, 0.717) is 18.8 Å². The molecule has 1 aromatic heterocycles. The molecule has 0 radical (unpaired) electrons. The van der Waals surface area contributed by atoms with Crippen molar-refractivity contribution in [2.45, 2.75) is 6.04 Å². The summed E-state index contributed by atoms with van der Waals surface area (Å²) in [6.07, 6.45) is 1.79. The number of anilines is 1. The molecule has 4 aromatic rings. The highest BCUT2D eigenvalue weighted by Crippen LogP contribution is 2.26. The molecule has 5 rings (SSSR count). The average Bonchev–Trinajstić information content (AvgIpc) is 3.26. The number of carbonyl (C=O) groups is 1. The number of hydrogen-bond acceptors (Lipinski definition) is 5. The van der Waals surface area contributed by atoms with Gasteiger partial charge in [0.1, 0.15) is 12.4 Å². The summed E-state index contributed by atoms with van der Waals surface area (Å²) in [7, 11) is -3.04. The van der Waals surface area contributed by atoms with Crippen molar-refractivity contribution in [2.24, 2.45) is 0 Å². The fourth-order valence-electron chi connectivity index (χ4n) is 4.23. The smallest absolute Gasteiger partial charge is 0.246 e. The van der Waals surface area contributed by atoms with E-state index in [-0.39, 0.29) is 17.4 Å². The van der Waals surface area contributed by atoms with Crippen molar-refractivity contribution < 1.29 is 13.2 Å². The molecule has 1 unspecified atom stereocenters. The summed E-state index contributed by atoms with van der Waals surface area (Å²) in [5, 5.41) is 3.01. The molecule has 0 aliphatic carbocycles. The maximum atomic E-state index is 13.3. The molecule has 2 heterocycles. The van der Waals surface area contributed by atoms with Crippen LogP contribution in [0.2, 0.25) is 0 Å². The third kappa shape index (κ3) is 4.53. The number of amides is 1. The van der Waals surface area contributed by atoms with Crippen molar-refractivity contribution in [3.8, 4) is 5.69 Å². The number of imidazole rings is 1. The Morgan fingerprint density at radius 1 is 0.879 bits per heavy atom. The van der Waals surface area contributed by atoms with E-state index in [1.807, 2.05) is 88.3 Å². The highest BCUT2D eigenvalue weighted by Gasteiger charge is 2.32. The van der Waals surface area contributed by atoms with Crippen LogP contribution in [0.3, 0.4) is 0 Å². The normalized spacial score (nSPS) is 17.0. The quantitative estimate of drug-likeness (QED) is 0.493. The van der Waals surface area contributed by atoms with E-state index in [1.54, 1.807) is 6.33 Å².